The van der Waals surface area contributed by atoms with Crippen LogP contribution in [0.4, 0.5) is 13.2 Å². The number of carbonyl (C=O) groups is 4. The molecule has 0 unspecified atom stereocenters. The molecule has 0 aromatic carbocycles. The second-order valence-electron chi connectivity index (χ2n) is 8.89. The van der Waals surface area contributed by atoms with Crippen molar-refractivity contribution in [2.45, 2.75) is 56.2 Å². The highest BCUT2D eigenvalue weighted by Crippen LogP contribution is 2.36. The average molecular weight is 531 g/mol. The van der Waals surface area contributed by atoms with Crippen molar-refractivity contribution in [3.05, 3.63) is 23.8 Å². The van der Waals surface area contributed by atoms with Gasteiger partial charge in [0.1, 0.15) is 6.33 Å². The summed E-state index contributed by atoms with van der Waals surface area (Å²) in [6.07, 6.45) is -2.59. The highest BCUT2D eigenvalue weighted by atomic mass is 19.4. The van der Waals surface area contributed by atoms with Crippen LogP contribution in [0.25, 0.3) is 5.78 Å². The predicted molar refractivity (Wildman–Crippen MR) is 114 cm³/mol. The molecule has 2 fully saturated rings. The number of piperidine rings is 1. The molecule has 0 radical (unpaired) electrons. The van der Waals surface area contributed by atoms with Crippen molar-refractivity contribution >= 4 is 29.6 Å². The second kappa shape index (κ2) is 10.7. The van der Waals surface area contributed by atoms with Gasteiger partial charge in [0.25, 0.3) is 5.78 Å². The van der Waals surface area contributed by atoms with E-state index in [4.69, 9.17) is 20.4 Å². The fraction of sp³-hybridized carbons (Fsp3) is 0.571. The number of fused-ring (bicyclic) bond motifs is 1. The van der Waals surface area contributed by atoms with Gasteiger partial charge in [-0.25, -0.2) is 9.78 Å². The van der Waals surface area contributed by atoms with E-state index in [1.165, 1.54) is 0 Å². The Labute approximate surface area is 206 Å². The van der Waals surface area contributed by atoms with Crippen LogP contribution in [-0.4, -0.2) is 87.4 Å². The summed E-state index contributed by atoms with van der Waals surface area (Å²) in [6, 6.07) is 1.06. The Morgan fingerprint density at radius 2 is 1.54 bits per heavy atom. The van der Waals surface area contributed by atoms with Crippen LogP contribution in [0.1, 0.15) is 55.8 Å². The fourth-order valence-corrected chi connectivity index (χ4v) is 3.94. The number of carbonyl (C=O) groups excluding carboxylic acids is 1. The molecule has 2 aliphatic rings. The molecule has 2 aromatic heterocycles. The summed E-state index contributed by atoms with van der Waals surface area (Å²) >= 11 is 0. The van der Waals surface area contributed by atoms with E-state index in [-0.39, 0.29) is 23.5 Å². The number of hydrogen-bond donors (Lipinski definition) is 4. The van der Waals surface area contributed by atoms with Crippen LogP contribution < -0.4 is 0 Å². The number of alkyl halides is 3. The molecule has 13 nitrogen and oxygen atoms in total. The molecule has 3 heterocycles. The minimum absolute atomic E-state index is 0.0451. The molecule has 0 spiro atoms. The second-order valence-corrected chi connectivity index (χ2v) is 8.89. The maximum Gasteiger partial charge on any atom is 0.433 e. The van der Waals surface area contributed by atoms with Crippen molar-refractivity contribution in [1.29, 1.82) is 0 Å². The molecule has 2 aromatic rings. The number of carboxylic acid groups (broad SMARTS) is 3. The summed E-state index contributed by atoms with van der Waals surface area (Å²) in [5.41, 5.74) is -3.23. The first-order valence-electron chi connectivity index (χ1n) is 11.2. The molecular formula is C21H24F3N5O8. The molecule has 1 saturated heterocycles. The normalized spacial score (nSPS) is 16.7. The number of aromatic nitrogens is 4. The topological polar surface area (TPSA) is 196 Å². The first-order chi connectivity index (χ1) is 17.2. The van der Waals surface area contributed by atoms with Crippen molar-refractivity contribution in [3.8, 4) is 0 Å². The summed E-state index contributed by atoms with van der Waals surface area (Å²) < 4.78 is 40.4. The molecular weight excluding hydrogens is 507 g/mol. The Kier molecular flexibility index (Phi) is 8.00. The molecule has 37 heavy (non-hydrogen) atoms. The zero-order valence-electron chi connectivity index (χ0n) is 19.3. The zero-order valence-corrected chi connectivity index (χ0v) is 19.3. The third-order valence-electron chi connectivity index (χ3n) is 6.00. The largest absolute Gasteiger partial charge is 0.481 e. The molecule has 1 aliphatic carbocycles. The quantitative estimate of drug-likeness (QED) is 0.398. The van der Waals surface area contributed by atoms with Crippen molar-refractivity contribution in [1.82, 2.24) is 24.5 Å². The van der Waals surface area contributed by atoms with Gasteiger partial charge in [-0.05, 0) is 31.7 Å². The van der Waals surface area contributed by atoms with Crippen LogP contribution in [0.2, 0.25) is 0 Å². The maximum absolute atomic E-state index is 13.2. The van der Waals surface area contributed by atoms with E-state index in [1.807, 2.05) is 4.90 Å². The minimum Gasteiger partial charge on any atom is -0.481 e. The number of aliphatic hydroxyl groups is 1. The number of amides is 1. The lowest BCUT2D eigenvalue weighted by molar-refractivity contribution is -0.170. The van der Waals surface area contributed by atoms with Crippen LogP contribution in [-0.2, 0) is 25.4 Å². The predicted octanol–water partition coefficient (Wildman–Crippen LogP) is 1.01. The Bertz CT molecular complexity index is 1170. The van der Waals surface area contributed by atoms with Gasteiger partial charge < -0.3 is 25.3 Å². The van der Waals surface area contributed by atoms with Gasteiger partial charge in [-0.15, -0.1) is 0 Å². The van der Waals surface area contributed by atoms with E-state index in [0.717, 1.165) is 29.8 Å². The summed E-state index contributed by atoms with van der Waals surface area (Å²) in [5.74, 6) is -4.81. The lowest BCUT2D eigenvalue weighted by atomic mass is 9.92. The lowest BCUT2D eigenvalue weighted by Crippen LogP contribution is -2.42. The Balaban J connectivity index is 0.000000251. The van der Waals surface area contributed by atoms with Crippen LogP contribution in [0.3, 0.4) is 0 Å². The van der Waals surface area contributed by atoms with E-state index in [9.17, 15) is 32.3 Å². The van der Waals surface area contributed by atoms with E-state index in [2.05, 4.69) is 15.1 Å². The first kappa shape index (κ1) is 27.8. The monoisotopic (exact) mass is 531 g/mol. The molecule has 16 heteroatoms. The third kappa shape index (κ3) is 6.90. The highest BCUT2D eigenvalue weighted by molar-refractivity contribution is 5.88. The number of nitrogens with zero attached hydrogens (tertiary/aromatic N) is 5. The van der Waals surface area contributed by atoms with E-state index < -0.39 is 48.2 Å². The molecule has 0 atom stereocenters. The molecule has 1 aliphatic heterocycles. The number of aliphatic carboxylic acids is 3. The van der Waals surface area contributed by atoms with E-state index >= 15 is 0 Å². The molecule has 202 valence electrons. The summed E-state index contributed by atoms with van der Waals surface area (Å²) in [6.45, 7) is 1.14. The number of halogens is 3. The van der Waals surface area contributed by atoms with Gasteiger partial charge in [-0.2, -0.15) is 27.8 Å². The van der Waals surface area contributed by atoms with Crippen LogP contribution in [0.5, 0.6) is 0 Å². The molecule has 0 bridgehead atoms. The van der Waals surface area contributed by atoms with Crippen molar-refractivity contribution < 1.29 is 52.8 Å². The summed E-state index contributed by atoms with van der Waals surface area (Å²) in [4.78, 5) is 52.4. The van der Waals surface area contributed by atoms with Gasteiger partial charge in [0.05, 0.1) is 12.8 Å². The van der Waals surface area contributed by atoms with Gasteiger partial charge in [0.15, 0.2) is 11.3 Å². The lowest BCUT2D eigenvalue weighted by Gasteiger charge is -2.32. The smallest absolute Gasteiger partial charge is 0.433 e. The van der Waals surface area contributed by atoms with Gasteiger partial charge in [0, 0.05) is 30.6 Å². The molecule has 4 rings (SSSR count). The summed E-state index contributed by atoms with van der Waals surface area (Å²) in [7, 11) is 0. The molecule has 4 N–H and O–H groups in total. The van der Waals surface area contributed by atoms with Crippen molar-refractivity contribution in [2.24, 2.45) is 5.92 Å². The standard InChI is InChI=1S/C15H16F3N5O.C6H8O7/c16-15(17,18)12-7-11(21-14-19-8-20-23(12)14)9-3-5-22(6-4-9)13(24)10-1-2-10;7-3(8)1-6(13,5(11)12)2-4(9)10/h7-10H,1-6H2;13H,1-2H2,(H,7,8)(H,9,10)(H,11,12). The van der Waals surface area contributed by atoms with Crippen molar-refractivity contribution in [2.75, 3.05) is 13.1 Å². The van der Waals surface area contributed by atoms with Crippen LogP contribution in [0, 0.1) is 5.92 Å². The molecule has 1 saturated carbocycles. The van der Waals surface area contributed by atoms with Crippen LogP contribution in [0.15, 0.2) is 12.4 Å². The third-order valence-corrected chi connectivity index (χ3v) is 6.00. The molecule has 1 amide bonds. The number of rotatable bonds is 7. The first-order valence-corrected chi connectivity index (χ1v) is 11.2. The average Bonchev–Trinajstić information content (AvgIpc) is 3.53. The van der Waals surface area contributed by atoms with Gasteiger partial charge >= 0.3 is 24.1 Å². The SMILES string of the molecule is O=C(C1CC1)N1CCC(c2cc(C(F)(F)F)n3ncnc3n2)CC1.O=C(O)CC(O)(CC(=O)O)C(=O)O. The van der Waals surface area contributed by atoms with Gasteiger partial charge in [-0.1, -0.05) is 0 Å². The number of likely N-dealkylation sites (tertiary alicyclic amines) is 1. The number of carboxylic acids is 3. The maximum atomic E-state index is 13.2. The zero-order chi connectivity index (χ0) is 27.5. The Morgan fingerprint density at radius 3 is 2.00 bits per heavy atom. The Morgan fingerprint density at radius 1 is 0.973 bits per heavy atom. The van der Waals surface area contributed by atoms with Gasteiger partial charge in [-0.3, -0.25) is 14.4 Å². The Hall–Kier alpha value is -3.82. The van der Waals surface area contributed by atoms with Crippen LogP contribution >= 0.6 is 0 Å². The number of hydrogen-bond acceptors (Lipinski definition) is 8. The van der Waals surface area contributed by atoms with E-state index in [1.54, 1.807) is 0 Å². The van der Waals surface area contributed by atoms with Crippen molar-refractivity contribution in [3.63, 3.8) is 0 Å². The van der Waals surface area contributed by atoms with Gasteiger partial charge in [0.2, 0.25) is 5.91 Å². The fourth-order valence-electron chi connectivity index (χ4n) is 3.94. The summed E-state index contributed by atoms with van der Waals surface area (Å²) in [5, 5.41) is 37.4. The minimum atomic E-state index is -4.52. The van der Waals surface area contributed by atoms with E-state index in [0.29, 0.717) is 31.6 Å². The highest BCUT2D eigenvalue weighted by Gasteiger charge is 2.41.